The highest BCUT2D eigenvalue weighted by Crippen LogP contribution is 1.94. The van der Waals surface area contributed by atoms with Gasteiger partial charge >= 0.3 is 0 Å². The maximum atomic E-state index is 3.00. The highest BCUT2D eigenvalue weighted by Gasteiger charge is 1.77. The Kier molecular flexibility index (Phi) is 2.18. The number of allylic oxidation sites excluding steroid dienone is 6. The van der Waals surface area contributed by atoms with Crippen LogP contribution in [0, 0.1) is 12.2 Å². The second-order valence-electron chi connectivity index (χ2n) is 1.65. The molecule has 1 aliphatic rings. The lowest BCUT2D eigenvalue weighted by Crippen LogP contribution is -1.67. The van der Waals surface area contributed by atoms with Gasteiger partial charge in [0.05, 0.1) is 0 Å². The molecule has 1 rings (SSSR count). The fraction of sp³-hybridized carbons (Fsp3) is 0.250. The van der Waals surface area contributed by atoms with Gasteiger partial charge in [-0.25, -0.2) is 0 Å². The minimum Gasteiger partial charge on any atom is -0.0842 e. The van der Waals surface area contributed by atoms with E-state index >= 15 is 0 Å². The van der Waals surface area contributed by atoms with Crippen molar-refractivity contribution < 1.29 is 0 Å². The molecule has 40 valence electrons. The lowest BCUT2D eigenvalue weighted by Gasteiger charge is -1.85. The van der Waals surface area contributed by atoms with Gasteiger partial charge in [0.1, 0.15) is 0 Å². The van der Waals surface area contributed by atoms with Crippen LogP contribution in [0.15, 0.2) is 24.3 Å². The molecule has 0 bridgehead atoms. The minimum absolute atomic E-state index is 1.00. The van der Waals surface area contributed by atoms with Gasteiger partial charge in [-0.2, -0.15) is 0 Å². The first-order valence-corrected chi connectivity index (χ1v) is 2.80. The number of rotatable bonds is 0. The van der Waals surface area contributed by atoms with E-state index in [1.54, 1.807) is 0 Å². The van der Waals surface area contributed by atoms with Crippen LogP contribution in [0.25, 0.3) is 0 Å². The lowest BCUT2D eigenvalue weighted by atomic mass is 10.2. The maximum Gasteiger partial charge on any atom is -0.0146 e. The van der Waals surface area contributed by atoms with E-state index in [9.17, 15) is 0 Å². The fourth-order valence-electron chi connectivity index (χ4n) is 0.565. The summed E-state index contributed by atoms with van der Waals surface area (Å²) < 4.78 is 0. The molecule has 8 heavy (non-hydrogen) atoms. The van der Waals surface area contributed by atoms with Crippen molar-refractivity contribution in [1.82, 2.24) is 0 Å². The molecular formula is C8H8. The predicted molar refractivity (Wildman–Crippen MR) is 34.0 cm³/mol. The zero-order chi connectivity index (χ0) is 5.66. The molecule has 0 nitrogen and oxygen atoms in total. The molecule has 0 saturated carbocycles. The molecule has 2 radical (unpaired) electrons. The molecule has 0 N–H and O–H groups in total. The molecule has 0 heteroatoms. The van der Waals surface area contributed by atoms with Crippen LogP contribution >= 0.6 is 0 Å². The molecule has 0 saturated heterocycles. The van der Waals surface area contributed by atoms with E-state index in [0.29, 0.717) is 0 Å². The number of hydrogen-bond acceptors (Lipinski definition) is 0. The van der Waals surface area contributed by atoms with E-state index in [4.69, 9.17) is 0 Å². The van der Waals surface area contributed by atoms with Gasteiger partial charge in [0.15, 0.2) is 0 Å². The summed E-state index contributed by atoms with van der Waals surface area (Å²) in [7, 11) is 0. The van der Waals surface area contributed by atoms with Crippen LogP contribution in [-0.4, -0.2) is 0 Å². The summed E-state index contributed by atoms with van der Waals surface area (Å²) in [6.07, 6.45) is 16.0. The fourth-order valence-corrected chi connectivity index (χ4v) is 0.565. The van der Waals surface area contributed by atoms with Crippen molar-refractivity contribution in [2.45, 2.75) is 12.8 Å². The van der Waals surface area contributed by atoms with Crippen LogP contribution in [0.2, 0.25) is 0 Å². The van der Waals surface area contributed by atoms with Crippen molar-refractivity contribution in [3.8, 4) is 0 Å². The second kappa shape index (κ2) is 3.25. The second-order valence-corrected chi connectivity index (χ2v) is 1.65. The SMILES string of the molecule is [C]1=[C]/CC\C=C/C=C\1. The van der Waals surface area contributed by atoms with Crippen LogP contribution in [0.3, 0.4) is 0 Å². The molecule has 0 fully saturated rings. The summed E-state index contributed by atoms with van der Waals surface area (Å²) >= 11 is 0. The van der Waals surface area contributed by atoms with E-state index in [1.165, 1.54) is 0 Å². The minimum atomic E-state index is 1.00. The van der Waals surface area contributed by atoms with Crippen LogP contribution in [0.4, 0.5) is 0 Å². The highest BCUT2D eigenvalue weighted by atomic mass is 13.8. The molecule has 0 spiro atoms. The Morgan fingerprint density at radius 2 is 2.25 bits per heavy atom. The summed E-state index contributed by atoms with van der Waals surface area (Å²) in [4.78, 5) is 0. The first kappa shape index (κ1) is 5.36. The summed E-state index contributed by atoms with van der Waals surface area (Å²) in [5.41, 5.74) is 0. The Morgan fingerprint density at radius 1 is 1.25 bits per heavy atom. The molecule has 0 amide bonds. The van der Waals surface area contributed by atoms with Crippen molar-refractivity contribution >= 4 is 0 Å². The van der Waals surface area contributed by atoms with Gasteiger partial charge in [-0.15, -0.1) is 0 Å². The standard InChI is InChI=1S/C8H8/c1-2-4-6-8-7-5-3-1/h1-4H,5,7H2/b3-1-,4-2-,8-6?. The van der Waals surface area contributed by atoms with E-state index in [-0.39, 0.29) is 0 Å². The summed E-state index contributed by atoms with van der Waals surface area (Å²) in [5.74, 6) is 0. The van der Waals surface area contributed by atoms with Crippen LogP contribution in [-0.2, 0) is 0 Å². The summed E-state index contributed by atoms with van der Waals surface area (Å²) in [5, 5.41) is 0. The molecule has 0 aromatic rings. The molecular weight excluding hydrogens is 96.1 g/mol. The Morgan fingerprint density at radius 3 is 3.25 bits per heavy atom. The lowest BCUT2D eigenvalue weighted by molar-refractivity contribution is 1.02. The van der Waals surface area contributed by atoms with E-state index in [0.717, 1.165) is 12.8 Å². The van der Waals surface area contributed by atoms with Crippen molar-refractivity contribution in [1.29, 1.82) is 0 Å². The number of hydrogen-bond donors (Lipinski definition) is 0. The van der Waals surface area contributed by atoms with Gasteiger partial charge in [0.2, 0.25) is 0 Å². The Balaban J connectivity index is 2.51. The molecule has 0 heterocycles. The van der Waals surface area contributed by atoms with Crippen molar-refractivity contribution in [3.05, 3.63) is 36.5 Å². The molecule has 0 atom stereocenters. The largest absolute Gasteiger partial charge is 0.0842 e. The first-order valence-electron chi connectivity index (χ1n) is 2.80. The third kappa shape index (κ3) is 1.78. The predicted octanol–water partition coefficient (Wildman–Crippen LogP) is 2.06. The molecule has 0 aliphatic heterocycles. The Hall–Kier alpha value is -0.780. The average molecular weight is 104 g/mol. The molecule has 0 unspecified atom stereocenters. The van der Waals surface area contributed by atoms with Crippen molar-refractivity contribution in [2.75, 3.05) is 0 Å². The van der Waals surface area contributed by atoms with Gasteiger partial charge in [-0.05, 0) is 25.0 Å². The normalized spacial score (nSPS) is 30.0. The Labute approximate surface area is 50.2 Å². The average Bonchev–Trinajstić information content (AvgIpc) is 1.62. The van der Waals surface area contributed by atoms with Gasteiger partial charge in [0.25, 0.3) is 0 Å². The van der Waals surface area contributed by atoms with Crippen LogP contribution < -0.4 is 0 Å². The summed E-state index contributed by atoms with van der Waals surface area (Å²) in [6, 6.07) is 0. The summed E-state index contributed by atoms with van der Waals surface area (Å²) in [6.45, 7) is 0. The smallest absolute Gasteiger partial charge is 0.0146 e. The molecule has 0 aromatic heterocycles. The van der Waals surface area contributed by atoms with E-state index < -0.39 is 0 Å². The maximum absolute atomic E-state index is 3.00. The van der Waals surface area contributed by atoms with Crippen molar-refractivity contribution in [3.63, 3.8) is 0 Å². The highest BCUT2D eigenvalue weighted by molar-refractivity contribution is 5.07. The molecule has 1 aliphatic carbocycles. The zero-order valence-corrected chi connectivity index (χ0v) is 4.72. The quantitative estimate of drug-likeness (QED) is 0.441. The Bertz CT molecular complexity index is 111. The third-order valence-corrected chi connectivity index (χ3v) is 0.965. The van der Waals surface area contributed by atoms with E-state index in [1.807, 2.05) is 18.2 Å². The third-order valence-electron chi connectivity index (χ3n) is 0.965. The van der Waals surface area contributed by atoms with Gasteiger partial charge in [0, 0.05) is 0 Å². The van der Waals surface area contributed by atoms with Gasteiger partial charge in [-0.1, -0.05) is 24.3 Å². The zero-order valence-electron chi connectivity index (χ0n) is 4.72. The first-order chi connectivity index (χ1) is 4.00. The molecule has 0 aromatic carbocycles. The van der Waals surface area contributed by atoms with Gasteiger partial charge in [-0.3, -0.25) is 0 Å². The van der Waals surface area contributed by atoms with E-state index in [2.05, 4.69) is 18.2 Å². The van der Waals surface area contributed by atoms with Gasteiger partial charge < -0.3 is 0 Å². The monoisotopic (exact) mass is 104 g/mol. The van der Waals surface area contributed by atoms with Crippen molar-refractivity contribution in [2.24, 2.45) is 0 Å². The van der Waals surface area contributed by atoms with Crippen LogP contribution in [0.1, 0.15) is 12.8 Å². The topological polar surface area (TPSA) is 0 Å². The van der Waals surface area contributed by atoms with Crippen LogP contribution in [0.5, 0.6) is 0 Å².